The van der Waals surface area contributed by atoms with Gasteiger partial charge in [0.2, 0.25) is 0 Å². The van der Waals surface area contributed by atoms with Crippen molar-refractivity contribution in [1.82, 2.24) is 19.9 Å². The SMILES string of the molecule is CC(C)(C(=O)O)S(=O)(=O)c1ccc2ncsc2c1.CCOC(=O)C(C)(C)S(=O)(=O)c1ccc2ncsc2c1.O=S(=O)(Cl)c1ccc2ncsc2c1.O=S([O-])c1ccc2ncsc2c1.[Na+]. The Balaban J connectivity index is 0.000000190. The molecule has 8 aromatic rings. The number of benzene rings is 4. The second kappa shape index (κ2) is 21.5. The zero-order valence-electron chi connectivity index (χ0n) is 34.3. The first-order valence-corrected chi connectivity index (χ1v) is 27.6. The van der Waals surface area contributed by atoms with E-state index in [-0.39, 0.29) is 50.9 Å². The van der Waals surface area contributed by atoms with E-state index >= 15 is 0 Å². The molecular formula is C38H34ClN4NaO12S8. The predicted octanol–water partition coefficient (Wildman–Crippen LogP) is 5.11. The molecular weight excluding hydrogens is 1020 g/mol. The maximum Gasteiger partial charge on any atom is 1.00 e. The van der Waals surface area contributed by atoms with Crippen LogP contribution in [-0.2, 0) is 54.1 Å². The molecule has 0 spiro atoms. The van der Waals surface area contributed by atoms with Crippen molar-refractivity contribution in [3.63, 3.8) is 0 Å². The molecule has 1 unspecified atom stereocenters. The number of aromatic nitrogens is 4. The summed E-state index contributed by atoms with van der Waals surface area (Å²) in [5.41, 5.74) is 9.69. The number of thiazole rings is 4. The van der Waals surface area contributed by atoms with Crippen LogP contribution in [0.4, 0.5) is 0 Å². The fraction of sp³-hybridized carbons (Fsp3) is 0.211. The van der Waals surface area contributed by atoms with Gasteiger partial charge in [-0.05, 0) is 118 Å². The molecule has 0 amide bonds. The van der Waals surface area contributed by atoms with Gasteiger partial charge in [0.15, 0.2) is 29.2 Å². The summed E-state index contributed by atoms with van der Waals surface area (Å²) in [6, 6.07) is 18.6. The molecule has 4 heterocycles. The van der Waals surface area contributed by atoms with Gasteiger partial charge in [0, 0.05) is 15.6 Å². The quantitative estimate of drug-likeness (QED) is 0.0853. The number of carboxylic acid groups (broad SMARTS) is 1. The number of esters is 1. The number of hydrogen-bond acceptors (Lipinski definition) is 19. The molecule has 4 aromatic carbocycles. The Hall–Kier alpha value is -3.37. The van der Waals surface area contributed by atoms with Crippen LogP contribution in [0, 0.1) is 0 Å². The summed E-state index contributed by atoms with van der Waals surface area (Å²) in [6.45, 7) is 6.87. The molecule has 4 aromatic heterocycles. The Morgan fingerprint density at radius 2 is 0.984 bits per heavy atom. The molecule has 334 valence electrons. The van der Waals surface area contributed by atoms with Crippen molar-refractivity contribution in [3.05, 3.63) is 94.8 Å². The molecule has 0 aliphatic heterocycles. The van der Waals surface area contributed by atoms with Crippen LogP contribution in [0.2, 0.25) is 0 Å². The van der Waals surface area contributed by atoms with Crippen molar-refractivity contribution in [1.29, 1.82) is 0 Å². The van der Waals surface area contributed by atoms with E-state index in [2.05, 4.69) is 19.9 Å². The van der Waals surface area contributed by atoms with Crippen molar-refractivity contribution in [2.75, 3.05) is 6.61 Å². The van der Waals surface area contributed by atoms with E-state index in [0.717, 1.165) is 35.3 Å². The number of halogens is 1. The molecule has 0 radical (unpaired) electrons. The van der Waals surface area contributed by atoms with Gasteiger partial charge in [-0.1, -0.05) is 0 Å². The second-order valence-corrected chi connectivity index (χ2v) is 25.7. The van der Waals surface area contributed by atoms with Crippen LogP contribution in [-0.4, -0.2) is 87.1 Å². The van der Waals surface area contributed by atoms with E-state index < -0.39 is 61.2 Å². The zero-order chi connectivity index (χ0) is 46.5. The second-order valence-electron chi connectivity index (χ2n) is 13.7. The van der Waals surface area contributed by atoms with Crippen molar-refractivity contribution in [2.24, 2.45) is 0 Å². The van der Waals surface area contributed by atoms with E-state index in [0.29, 0.717) is 10.4 Å². The summed E-state index contributed by atoms with van der Waals surface area (Å²) < 4.78 is 97.4. The molecule has 1 N–H and O–H groups in total. The van der Waals surface area contributed by atoms with E-state index in [1.165, 1.54) is 103 Å². The topological polar surface area (TPSA) is 258 Å². The monoisotopic (exact) mass is 1050 g/mol. The molecule has 0 saturated heterocycles. The number of carbonyl (C=O) groups excluding carboxylic acids is 1. The first kappa shape index (κ1) is 53.2. The summed E-state index contributed by atoms with van der Waals surface area (Å²) >= 11 is 3.35. The normalized spacial score (nSPS) is 12.5. The Bertz CT molecular complexity index is 3330. The first-order chi connectivity index (χ1) is 29.4. The smallest absolute Gasteiger partial charge is 0.768 e. The molecule has 8 rings (SSSR count). The third-order valence-electron chi connectivity index (χ3n) is 8.93. The molecule has 0 aliphatic rings. The predicted molar refractivity (Wildman–Crippen MR) is 246 cm³/mol. The van der Waals surface area contributed by atoms with Crippen molar-refractivity contribution in [2.45, 2.75) is 63.7 Å². The van der Waals surface area contributed by atoms with Gasteiger partial charge in [0.25, 0.3) is 9.05 Å². The van der Waals surface area contributed by atoms with Crippen LogP contribution in [0.1, 0.15) is 34.6 Å². The van der Waals surface area contributed by atoms with E-state index in [1.54, 1.807) is 71.4 Å². The Morgan fingerprint density at radius 1 is 0.641 bits per heavy atom. The molecule has 64 heavy (non-hydrogen) atoms. The average molecular weight is 1050 g/mol. The van der Waals surface area contributed by atoms with E-state index in [9.17, 15) is 43.6 Å². The number of sulfone groups is 2. The van der Waals surface area contributed by atoms with E-state index in [1.807, 2.05) is 0 Å². The number of nitrogens with zero attached hydrogens (tertiary/aromatic N) is 4. The number of carboxylic acids is 1. The van der Waals surface area contributed by atoms with E-state index in [4.69, 9.17) is 20.5 Å². The van der Waals surface area contributed by atoms with Gasteiger partial charge in [0.05, 0.1) is 84.2 Å². The summed E-state index contributed by atoms with van der Waals surface area (Å²) in [5, 5.41) is 9.02. The minimum absolute atomic E-state index is 0. The van der Waals surface area contributed by atoms with Crippen LogP contribution >= 0.6 is 56.0 Å². The third-order valence-corrected chi connectivity index (χ3v) is 18.9. The maximum absolute atomic E-state index is 12.6. The minimum Gasteiger partial charge on any atom is -0.768 e. The van der Waals surface area contributed by atoms with Crippen LogP contribution in [0.15, 0.2) is 114 Å². The molecule has 0 bridgehead atoms. The molecule has 26 heteroatoms. The van der Waals surface area contributed by atoms with Gasteiger partial charge in [-0.2, -0.15) is 0 Å². The van der Waals surface area contributed by atoms with Gasteiger partial charge in [0.1, 0.15) is 0 Å². The van der Waals surface area contributed by atoms with Crippen molar-refractivity contribution >= 4 is 149 Å². The van der Waals surface area contributed by atoms with Gasteiger partial charge in [-0.25, -0.2) is 45.2 Å². The molecule has 1 atom stereocenters. The summed E-state index contributed by atoms with van der Waals surface area (Å²) in [6.07, 6.45) is 0. The number of aliphatic carboxylic acids is 1. The summed E-state index contributed by atoms with van der Waals surface area (Å²) in [5.74, 6) is -2.11. The van der Waals surface area contributed by atoms with Crippen molar-refractivity contribution in [3.8, 4) is 0 Å². The Kier molecular flexibility index (Phi) is 17.9. The molecule has 0 saturated carbocycles. The Morgan fingerprint density at radius 3 is 1.34 bits per heavy atom. The van der Waals surface area contributed by atoms with Crippen LogP contribution < -0.4 is 29.6 Å². The van der Waals surface area contributed by atoms with Gasteiger partial charge < -0.3 is 14.4 Å². The average Bonchev–Trinajstić information content (AvgIpc) is 4.07. The summed E-state index contributed by atoms with van der Waals surface area (Å²) in [7, 11) is -6.19. The van der Waals surface area contributed by atoms with Crippen LogP contribution in [0.5, 0.6) is 0 Å². The van der Waals surface area contributed by atoms with Crippen LogP contribution in [0.3, 0.4) is 0 Å². The van der Waals surface area contributed by atoms with Gasteiger partial charge in [-0.15, -0.1) is 45.3 Å². The molecule has 16 nitrogen and oxygen atoms in total. The fourth-order valence-electron chi connectivity index (χ4n) is 5.05. The number of ether oxygens (including phenoxy) is 1. The number of hydrogen-bond donors (Lipinski definition) is 1. The number of carbonyl (C=O) groups is 2. The maximum atomic E-state index is 12.6. The molecule has 0 aliphatic carbocycles. The van der Waals surface area contributed by atoms with Crippen LogP contribution in [0.25, 0.3) is 40.9 Å². The molecule has 0 fully saturated rings. The summed E-state index contributed by atoms with van der Waals surface area (Å²) in [4.78, 5) is 39.7. The Labute approximate surface area is 412 Å². The van der Waals surface area contributed by atoms with Gasteiger partial charge in [-0.3, -0.25) is 13.8 Å². The number of fused-ring (bicyclic) bond motifs is 4. The van der Waals surface area contributed by atoms with Crippen molar-refractivity contribution < 1.29 is 83.0 Å². The fourth-order valence-corrected chi connectivity index (χ4v) is 12.1. The van der Waals surface area contributed by atoms with Gasteiger partial charge >= 0.3 is 41.5 Å². The minimum atomic E-state index is -3.93. The zero-order valence-corrected chi connectivity index (χ0v) is 43.6. The number of rotatable bonds is 9. The third kappa shape index (κ3) is 12.0. The largest absolute Gasteiger partial charge is 1.00 e. The standard InChI is InChI=1S/C13H15NO4S2.C11H11NO4S2.C7H4ClNO2S2.C7H5NO2S2.Na/c1-4-18-12(15)13(2,3)20(16,17)9-5-6-10-11(7-9)19-8-14-10;1-11(2,10(13)14)18(15,16)7-3-4-8-9(5-7)17-6-12-8;8-13(10,11)5-1-2-6-7(3-5)12-4-9-6;9-12(10)5-1-2-6-7(3-5)11-4-8-6;/h5-8H,4H2,1-3H3;3-6H,1-2H3,(H,13,14);1-4H;1-4H,(H,9,10);/q;;;;+1/p-1. The first-order valence-electron chi connectivity index (χ1n) is 17.7.